The summed E-state index contributed by atoms with van der Waals surface area (Å²) in [4.78, 5) is 33.6. The van der Waals surface area contributed by atoms with E-state index in [0.717, 1.165) is 56.3 Å². The third kappa shape index (κ3) is 10.6. The summed E-state index contributed by atoms with van der Waals surface area (Å²) in [5.74, 6) is -2.68. The molecular formula is C31H42F2N8O5S2. The standard InChI is InChI=1S/C28H32F2N8O3S.C2H6O.CH4OS/c1-28(2,3)24(31)27(40)41-15-37-12-16(11-32-37)26-34-20(14-42-26)25(39)33-19-13-38(17-7-5-4-6-8-17)36-23(19)22-18(29)9-10-21(30)35-22;1-2-3;1-3-2/h9-14,17,24H,4-8,15,31H2,1-3H3,(H,33,39);3H,2H2,1H3;2H,1H3. The number of hydrogen-bond donors (Lipinski definition) is 4. The van der Waals surface area contributed by atoms with Gasteiger partial charge in [0.1, 0.15) is 28.1 Å². The molecule has 48 heavy (non-hydrogen) atoms. The molecule has 262 valence electrons. The zero-order valence-corrected chi connectivity index (χ0v) is 29.2. The van der Waals surface area contributed by atoms with E-state index in [4.69, 9.17) is 20.1 Å². The van der Waals surface area contributed by atoms with Gasteiger partial charge in [-0.15, -0.1) is 11.3 Å². The molecule has 4 aromatic heterocycles. The number of esters is 1. The number of nitrogens with zero attached hydrogens (tertiary/aromatic N) is 6. The first-order chi connectivity index (χ1) is 22.8. The predicted molar refractivity (Wildman–Crippen MR) is 181 cm³/mol. The summed E-state index contributed by atoms with van der Waals surface area (Å²) in [6.07, 6.45) is 11.4. The molecule has 1 aliphatic carbocycles. The number of carbonyl (C=O) groups excluding carboxylic acids is 2. The van der Waals surface area contributed by atoms with Crippen LogP contribution >= 0.6 is 23.4 Å². The van der Waals surface area contributed by atoms with Gasteiger partial charge in [0.25, 0.3) is 5.91 Å². The molecule has 1 aliphatic rings. The average molecular weight is 709 g/mol. The minimum atomic E-state index is -0.854. The number of halogens is 2. The van der Waals surface area contributed by atoms with Crippen LogP contribution in [-0.4, -0.2) is 70.0 Å². The van der Waals surface area contributed by atoms with E-state index in [2.05, 4.69) is 25.5 Å². The first-order valence-corrected chi connectivity index (χ1v) is 17.3. The Morgan fingerprint density at radius 1 is 1.17 bits per heavy atom. The van der Waals surface area contributed by atoms with Gasteiger partial charge in [0, 0.05) is 36.2 Å². The number of rotatable bonds is 8. The van der Waals surface area contributed by atoms with Gasteiger partial charge >= 0.3 is 5.97 Å². The number of amides is 1. The Balaban J connectivity index is 0.000000969. The van der Waals surface area contributed by atoms with Crippen molar-refractivity contribution in [1.29, 1.82) is 0 Å². The predicted octanol–water partition coefficient (Wildman–Crippen LogP) is 6.00. The van der Waals surface area contributed by atoms with Gasteiger partial charge in [-0.05, 0) is 49.4 Å². The van der Waals surface area contributed by atoms with Crippen molar-refractivity contribution in [3.8, 4) is 22.0 Å². The SMILES string of the molecule is CC(C)(C)C(N)C(=O)OCn1cc(-c2nc(C(=O)Nc3cn(C4CCCCC4)nc3-c3nc(F)ccc3F)cs2)cn1.CCO.CSO. The minimum Gasteiger partial charge on any atom is -0.441 e. The van der Waals surface area contributed by atoms with Crippen LogP contribution in [0.25, 0.3) is 22.0 Å². The Bertz CT molecular complexity index is 1630. The topological polar surface area (TPSA) is 183 Å². The van der Waals surface area contributed by atoms with Crippen LogP contribution in [0.2, 0.25) is 0 Å². The molecule has 4 aromatic rings. The molecule has 0 radical (unpaired) electrons. The van der Waals surface area contributed by atoms with Gasteiger partial charge < -0.3 is 25.4 Å². The van der Waals surface area contributed by atoms with E-state index < -0.39 is 35.1 Å². The van der Waals surface area contributed by atoms with Gasteiger partial charge in [-0.2, -0.15) is 14.6 Å². The molecule has 1 amide bonds. The zero-order chi connectivity index (χ0) is 35.4. The van der Waals surface area contributed by atoms with E-state index in [1.165, 1.54) is 16.0 Å². The lowest BCUT2D eigenvalue weighted by Gasteiger charge is -2.24. The second-order valence-electron chi connectivity index (χ2n) is 11.8. The Morgan fingerprint density at radius 3 is 2.48 bits per heavy atom. The van der Waals surface area contributed by atoms with Gasteiger partial charge in [-0.25, -0.2) is 19.0 Å². The molecule has 5 N–H and O–H groups in total. The van der Waals surface area contributed by atoms with Crippen molar-refractivity contribution in [3.05, 3.63) is 53.6 Å². The van der Waals surface area contributed by atoms with E-state index in [1.807, 2.05) is 20.8 Å². The lowest BCUT2D eigenvalue weighted by Crippen LogP contribution is -2.43. The Hall–Kier alpha value is -3.77. The summed E-state index contributed by atoms with van der Waals surface area (Å²) in [6.45, 7) is 7.35. The molecule has 0 aromatic carbocycles. The van der Waals surface area contributed by atoms with E-state index in [9.17, 15) is 18.4 Å². The zero-order valence-electron chi connectivity index (χ0n) is 27.5. The van der Waals surface area contributed by atoms with E-state index in [0.29, 0.717) is 10.6 Å². The van der Waals surface area contributed by atoms with Crippen molar-refractivity contribution < 1.29 is 32.8 Å². The lowest BCUT2D eigenvalue weighted by atomic mass is 9.87. The van der Waals surface area contributed by atoms with Crippen LogP contribution in [0.4, 0.5) is 14.5 Å². The van der Waals surface area contributed by atoms with Crippen LogP contribution in [0, 0.1) is 17.2 Å². The number of ether oxygens (including phenoxy) is 1. The van der Waals surface area contributed by atoms with Crippen molar-refractivity contribution in [2.24, 2.45) is 11.1 Å². The molecule has 0 saturated heterocycles. The molecule has 1 saturated carbocycles. The normalized spacial score (nSPS) is 13.9. The molecule has 1 atom stereocenters. The molecule has 17 heteroatoms. The highest BCUT2D eigenvalue weighted by molar-refractivity contribution is 7.93. The van der Waals surface area contributed by atoms with Gasteiger partial charge in [-0.1, -0.05) is 40.0 Å². The van der Waals surface area contributed by atoms with Crippen LogP contribution in [0.3, 0.4) is 0 Å². The third-order valence-electron chi connectivity index (χ3n) is 7.11. The Labute approximate surface area is 286 Å². The molecule has 0 spiro atoms. The monoisotopic (exact) mass is 708 g/mol. The van der Waals surface area contributed by atoms with Crippen molar-refractivity contribution in [1.82, 2.24) is 29.5 Å². The number of nitrogens with one attached hydrogen (secondary N) is 1. The summed E-state index contributed by atoms with van der Waals surface area (Å²) in [6, 6.07) is 1.22. The van der Waals surface area contributed by atoms with Crippen LogP contribution in [0.15, 0.2) is 36.1 Å². The Kier molecular flexibility index (Phi) is 14.6. The second-order valence-corrected chi connectivity index (χ2v) is 13.0. The van der Waals surface area contributed by atoms with Crippen molar-refractivity contribution in [3.63, 3.8) is 0 Å². The number of nitrogens with two attached hydrogens (primary N) is 1. The quantitative estimate of drug-likeness (QED) is 0.0957. The fourth-order valence-electron chi connectivity index (χ4n) is 4.59. The van der Waals surface area contributed by atoms with E-state index in [1.54, 1.807) is 41.8 Å². The van der Waals surface area contributed by atoms with Gasteiger partial charge in [0.05, 0.1) is 17.9 Å². The molecule has 13 nitrogen and oxygen atoms in total. The molecular weight excluding hydrogens is 667 g/mol. The van der Waals surface area contributed by atoms with Crippen LogP contribution < -0.4 is 11.1 Å². The molecule has 0 aliphatic heterocycles. The summed E-state index contributed by atoms with van der Waals surface area (Å²) in [5.41, 5.74) is 6.21. The highest BCUT2D eigenvalue weighted by Crippen LogP contribution is 2.34. The maximum atomic E-state index is 14.7. The molecule has 4 heterocycles. The highest BCUT2D eigenvalue weighted by Gasteiger charge is 2.29. The van der Waals surface area contributed by atoms with Crippen LogP contribution in [0.1, 0.15) is 76.3 Å². The van der Waals surface area contributed by atoms with E-state index >= 15 is 0 Å². The van der Waals surface area contributed by atoms with Crippen LogP contribution in [-0.2, 0) is 16.3 Å². The van der Waals surface area contributed by atoms with Crippen molar-refractivity contribution >= 4 is 40.9 Å². The Morgan fingerprint density at radius 2 is 1.83 bits per heavy atom. The first-order valence-electron chi connectivity index (χ1n) is 15.2. The van der Waals surface area contributed by atoms with Crippen molar-refractivity contribution in [2.45, 2.75) is 78.6 Å². The summed E-state index contributed by atoms with van der Waals surface area (Å²) < 4.78 is 44.5. The summed E-state index contributed by atoms with van der Waals surface area (Å²) >= 11 is 1.97. The molecule has 0 bridgehead atoms. The van der Waals surface area contributed by atoms with E-state index in [-0.39, 0.29) is 42.1 Å². The van der Waals surface area contributed by atoms with Gasteiger partial charge in [0.15, 0.2) is 12.5 Å². The number of hydrogen-bond acceptors (Lipinski definition) is 12. The van der Waals surface area contributed by atoms with Gasteiger partial charge in [0.2, 0.25) is 5.95 Å². The second kappa shape index (κ2) is 18.1. The lowest BCUT2D eigenvalue weighted by molar-refractivity contribution is -0.152. The van der Waals surface area contributed by atoms with Crippen molar-refractivity contribution in [2.75, 3.05) is 18.2 Å². The average Bonchev–Trinajstić information content (AvgIpc) is 3.82. The number of aliphatic hydroxyl groups is 1. The number of thiazole rings is 1. The maximum Gasteiger partial charge on any atom is 0.325 e. The van der Waals surface area contributed by atoms with Gasteiger partial charge in [-0.3, -0.25) is 14.3 Å². The van der Waals surface area contributed by atoms with Crippen LogP contribution in [0.5, 0.6) is 0 Å². The smallest absolute Gasteiger partial charge is 0.325 e. The number of aromatic nitrogens is 6. The summed E-state index contributed by atoms with van der Waals surface area (Å²) in [7, 11) is 0. The fraction of sp³-hybridized carbons (Fsp3) is 0.484. The number of pyridine rings is 1. The highest BCUT2D eigenvalue weighted by atomic mass is 32.2. The largest absolute Gasteiger partial charge is 0.441 e. The first kappa shape index (κ1) is 38.7. The molecule has 1 fully saturated rings. The number of aliphatic hydroxyl groups excluding tert-OH is 1. The maximum absolute atomic E-state index is 14.7. The summed E-state index contributed by atoms with van der Waals surface area (Å²) in [5, 5.41) is 21.1. The third-order valence-corrected chi connectivity index (χ3v) is 8.00. The number of carbonyl (C=O) groups is 2. The molecule has 1 unspecified atom stereocenters. The number of anilines is 1. The molecule has 5 rings (SSSR count). The minimum absolute atomic E-state index is 0.0448. The fourth-order valence-corrected chi connectivity index (χ4v) is 5.37.